The van der Waals surface area contributed by atoms with Crippen molar-refractivity contribution in [1.82, 2.24) is 9.88 Å². The zero-order chi connectivity index (χ0) is 28.7. The molecule has 5 rings (SSSR count). The maximum atomic E-state index is 13.6. The van der Waals surface area contributed by atoms with E-state index < -0.39 is 40.4 Å². The number of aromatic nitrogens is 1. The Kier molecular flexibility index (Phi) is 7.39. The molecule has 40 heavy (non-hydrogen) atoms. The highest BCUT2D eigenvalue weighted by atomic mass is 35.5. The Balaban J connectivity index is 1.42. The van der Waals surface area contributed by atoms with Gasteiger partial charge in [-0.2, -0.15) is 0 Å². The predicted molar refractivity (Wildman–Crippen MR) is 155 cm³/mol. The Morgan fingerprint density at radius 3 is 2.58 bits per heavy atom. The molecule has 0 radical (unpaired) electrons. The van der Waals surface area contributed by atoms with Gasteiger partial charge in [0, 0.05) is 23.2 Å². The fourth-order valence-electron chi connectivity index (χ4n) is 4.79. The lowest BCUT2D eigenvalue weighted by Crippen LogP contribution is -2.49. The van der Waals surface area contributed by atoms with Crippen LogP contribution in [0.4, 0.5) is 11.4 Å². The molecule has 0 bridgehead atoms. The lowest BCUT2D eigenvalue weighted by molar-refractivity contribution is -0.384. The number of amides is 3. The molecule has 0 aliphatic carbocycles. The highest BCUT2D eigenvalue weighted by Gasteiger charge is 2.46. The molecule has 4 aromatic rings. The molecule has 1 fully saturated rings. The Bertz CT molecular complexity index is 1670. The highest BCUT2D eigenvalue weighted by molar-refractivity contribution is 7.21. The number of halogens is 1. The molecular weight excluding hydrogens is 552 g/mol. The summed E-state index contributed by atoms with van der Waals surface area (Å²) in [4.78, 5) is 58.2. The molecule has 1 aromatic heterocycles. The Hall–Kier alpha value is -4.15. The van der Waals surface area contributed by atoms with Crippen molar-refractivity contribution in [2.24, 2.45) is 0 Å². The molecule has 9 nitrogen and oxygen atoms in total. The number of carbonyl (C=O) groups excluding carboxylic acids is 3. The number of fused-ring (bicyclic) bond motifs is 1. The summed E-state index contributed by atoms with van der Waals surface area (Å²) in [6, 6.07) is 15.4. The number of nitro benzene ring substituents is 1. The minimum absolute atomic E-state index is 0.0190. The lowest BCUT2D eigenvalue weighted by Gasteiger charge is -2.33. The maximum Gasteiger partial charge on any atom is 0.288 e. The van der Waals surface area contributed by atoms with E-state index in [4.69, 9.17) is 16.6 Å². The quantitative estimate of drug-likeness (QED) is 0.143. The van der Waals surface area contributed by atoms with Crippen LogP contribution in [0.3, 0.4) is 0 Å². The largest absolute Gasteiger partial charge is 0.323 e. The standard InChI is InChI=1S/C29H25ClN4O5S/c1-4-17(3)32(28(36)19-8-11-21(30)23(14-19)34(38)39)24-15-26(35)33(29(24)37)20-9-6-18(7-10-20)27-31-22-12-5-16(2)13-25(22)40-27/h5-14,17,24H,4,15H2,1-3H3. The third-order valence-electron chi connectivity index (χ3n) is 7.06. The van der Waals surface area contributed by atoms with Crippen LogP contribution in [0.2, 0.25) is 5.02 Å². The Morgan fingerprint density at radius 1 is 1.18 bits per heavy atom. The molecule has 0 N–H and O–H groups in total. The summed E-state index contributed by atoms with van der Waals surface area (Å²) in [6.45, 7) is 5.66. The summed E-state index contributed by atoms with van der Waals surface area (Å²) in [5, 5.41) is 12.1. The summed E-state index contributed by atoms with van der Waals surface area (Å²) < 4.78 is 1.08. The van der Waals surface area contributed by atoms with E-state index in [0.29, 0.717) is 12.1 Å². The van der Waals surface area contributed by atoms with Crippen molar-refractivity contribution in [1.29, 1.82) is 0 Å². The Morgan fingerprint density at radius 2 is 1.90 bits per heavy atom. The number of anilines is 1. The summed E-state index contributed by atoms with van der Waals surface area (Å²) in [7, 11) is 0. The predicted octanol–water partition coefficient (Wildman–Crippen LogP) is 6.41. The summed E-state index contributed by atoms with van der Waals surface area (Å²) in [6.07, 6.45) is 0.319. The van der Waals surface area contributed by atoms with Gasteiger partial charge in [-0.15, -0.1) is 11.3 Å². The third-order valence-corrected chi connectivity index (χ3v) is 8.45. The van der Waals surface area contributed by atoms with Crippen LogP contribution in [0.25, 0.3) is 20.8 Å². The minimum atomic E-state index is -1.04. The van der Waals surface area contributed by atoms with Gasteiger partial charge in [-0.3, -0.25) is 24.5 Å². The molecule has 1 aliphatic rings. The Labute approximate surface area is 239 Å². The smallest absolute Gasteiger partial charge is 0.288 e. The number of benzene rings is 3. The topological polar surface area (TPSA) is 114 Å². The third kappa shape index (κ3) is 4.96. The molecule has 2 unspecified atom stereocenters. The van der Waals surface area contributed by atoms with Crippen LogP contribution in [0, 0.1) is 17.0 Å². The first kappa shape index (κ1) is 27.4. The second-order valence-electron chi connectivity index (χ2n) is 9.72. The van der Waals surface area contributed by atoms with Crippen LogP contribution >= 0.6 is 22.9 Å². The molecule has 1 aliphatic heterocycles. The molecule has 0 spiro atoms. The zero-order valence-electron chi connectivity index (χ0n) is 22.0. The minimum Gasteiger partial charge on any atom is -0.323 e. The average molecular weight is 577 g/mol. The van der Waals surface area contributed by atoms with E-state index >= 15 is 0 Å². The maximum absolute atomic E-state index is 13.6. The molecule has 2 atom stereocenters. The molecule has 1 saturated heterocycles. The van der Waals surface area contributed by atoms with Crippen molar-refractivity contribution in [3.05, 3.63) is 86.9 Å². The SMILES string of the molecule is CCC(C)N(C(=O)c1ccc(Cl)c([N+](=O)[O-])c1)C1CC(=O)N(c2ccc(-c3nc4ccc(C)cc4s3)cc2)C1=O. The summed E-state index contributed by atoms with van der Waals surface area (Å²) >= 11 is 7.49. The fourth-order valence-corrected chi connectivity index (χ4v) is 6.05. The van der Waals surface area contributed by atoms with Crippen molar-refractivity contribution < 1.29 is 19.3 Å². The van der Waals surface area contributed by atoms with Crippen LogP contribution in [0.5, 0.6) is 0 Å². The van der Waals surface area contributed by atoms with Gasteiger partial charge in [-0.25, -0.2) is 9.88 Å². The van der Waals surface area contributed by atoms with E-state index in [9.17, 15) is 24.5 Å². The molecule has 11 heteroatoms. The number of thiazole rings is 1. The normalized spacial score (nSPS) is 16.0. The van der Waals surface area contributed by atoms with E-state index in [1.54, 1.807) is 30.4 Å². The van der Waals surface area contributed by atoms with Crippen LogP contribution in [-0.4, -0.2) is 44.6 Å². The molecule has 2 heterocycles. The lowest BCUT2D eigenvalue weighted by atomic mass is 10.1. The average Bonchev–Trinajstić information content (AvgIpc) is 3.48. The fraction of sp³-hybridized carbons (Fsp3) is 0.241. The van der Waals surface area contributed by atoms with E-state index in [-0.39, 0.29) is 17.0 Å². The van der Waals surface area contributed by atoms with E-state index in [1.165, 1.54) is 17.0 Å². The number of nitro groups is 1. The van der Waals surface area contributed by atoms with Gasteiger partial charge in [-0.1, -0.05) is 24.6 Å². The van der Waals surface area contributed by atoms with Gasteiger partial charge < -0.3 is 4.90 Å². The van der Waals surface area contributed by atoms with Gasteiger partial charge in [0.2, 0.25) is 5.91 Å². The number of hydrogen-bond acceptors (Lipinski definition) is 7. The van der Waals surface area contributed by atoms with Gasteiger partial charge >= 0.3 is 0 Å². The second-order valence-corrected chi connectivity index (χ2v) is 11.2. The second kappa shape index (κ2) is 10.8. The van der Waals surface area contributed by atoms with Crippen molar-refractivity contribution >= 4 is 62.3 Å². The molecular formula is C29H25ClN4O5S. The number of aryl methyl sites for hydroxylation is 1. The first-order chi connectivity index (χ1) is 19.1. The first-order valence-corrected chi connectivity index (χ1v) is 13.9. The van der Waals surface area contributed by atoms with Gasteiger partial charge in [0.15, 0.2) is 0 Å². The van der Waals surface area contributed by atoms with Crippen molar-refractivity contribution in [3.8, 4) is 10.6 Å². The molecule has 204 valence electrons. The molecule has 3 amide bonds. The summed E-state index contributed by atoms with van der Waals surface area (Å²) in [5.41, 5.74) is 2.93. The van der Waals surface area contributed by atoms with Gasteiger partial charge in [0.25, 0.3) is 17.5 Å². The molecule has 3 aromatic carbocycles. The number of imide groups is 1. The van der Waals surface area contributed by atoms with E-state index in [0.717, 1.165) is 37.3 Å². The van der Waals surface area contributed by atoms with Crippen LogP contribution in [-0.2, 0) is 9.59 Å². The number of rotatable bonds is 7. The number of nitrogens with zero attached hydrogens (tertiary/aromatic N) is 4. The van der Waals surface area contributed by atoms with Gasteiger partial charge in [-0.05, 0) is 74.4 Å². The molecule has 0 saturated carbocycles. The van der Waals surface area contributed by atoms with Gasteiger partial charge in [0.1, 0.15) is 16.1 Å². The summed E-state index contributed by atoms with van der Waals surface area (Å²) in [5.74, 6) is -1.53. The van der Waals surface area contributed by atoms with Gasteiger partial charge in [0.05, 0.1) is 27.2 Å². The van der Waals surface area contributed by atoms with E-state index in [2.05, 4.69) is 6.07 Å². The van der Waals surface area contributed by atoms with Crippen molar-refractivity contribution in [2.45, 2.75) is 45.7 Å². The van der Waals surface area contributed by atoms with Crippen molar-refractivity contribution in [2.75, 3.05) is 4.90 Å². The number of hydrogen-bond donors (Lipinski definition) is 0. The zero-order valence-corrected chi connectivity index (χ0v) is 23.5. The van der Waals surface area contributed by atoms with Crippen molar-refractivity contribution in [3.63, 3.8) is 0 Å². The number of carbonyl (C=O) groups is 3. The monoisotopic (exact) mass is 576 g/mol. The van der Waals surface area contributed by atoms with Crippen LogP contribution in [0.1, 0.15) is 42.6 Å². The van der Waals surface area contributed by atoms with Crippen LogP contribution in [0.15, 0.2) is 60.7 Å². The highest BCUT2D eigenvalue weighted by Crippen LogP contribution is 2.34. The van der Waals surface area contributed by atoms with Crippen LogP contribution < -0.4 is 4.90 Å². The van der Waals surface area contributed by atoms with E-state index in [1.807, 2.05) is 38.1 Å². The first-order valence-electron chi connectivity index (χ1n) is 12.7.